The van der Waals surface area contributed by atoms with Crippen LogP contribution in [0.15, 0.2) is 46.9 Å². The van der Waals surface area contributed by atoms with E-state index in [4.69, 9.17) is 4.74 Å². The molecule has 21 heavy (non-hydrogen) atoms. The van der Waals surface area contributed by atoms with E-state index in [-0.39, 0.29) is 5.97 Å². The van der Waals surface area contributed by atoms with Crippen LogP contribution < -0.4 is 0 Å². The molecule has 0 amide bonds. The van der Waals surface area contributed by atoms with Crippen molar-refractivity contribution in [2.24, 2.45) is 0 Å². The van der Waals surface area contributed by atoms with E-state index >= 15 is 0 Å². The summed E-state index contributed by atoms with van der Waals surface area (Å²) in [5, 5.41) is 0. The topological polar surface area (TPSA) is 55.0 Å². The Morgan fingerprint density at radius 2 is 2.00 bits per heavy atom. The van der Waals surface area contributed by atoms with Gasteiger partial charge >= 0.3 is 5.97 Å². The molecule has 2 aromatic carbocycles. The summed E-state index contributed by atoms with van der Waals surface area (Å²) in [6.07, 6.45) is 0. The van der Waals surface area contributed by atoms with Crippen LogP contribution in [-0.2, 0) is 4.74 Å². The number of halogens is 1. The largest absolute Gasteiger partial charge is 0.462 e. The first-order chi connectivity index (χ1) is 10.2. The Morgan fingerprint density at radius 3 is 2.71 bits per heavy atom. The van der Waals surface area contributed by atoms with E-state index in [1.165, 1.54) is 0 Å². The molecule has 0 aliphatic rings. The Hall–Kier alpha value is -2.14. The summed E-state index contributed by atoms with van der Waals surface area (Å²) < 4.78 is 5.97. The third-order valence-corrected chi connectivity index (χ3v) is 3.61. The van der Waals surface area contributed by atoms with E-state index in [2.05, 4.69) is 25.9 Å². The number of imidazole rings is 1. The average Bonchev–Trinajstić information content (AvgIpc) is 2.90. The molecule has 0 saturated heterocycles. The standard InChI is InChI=1S/C16H13BrN2O2/c1-2-21-16(20)11-5-3-10(4-6-11)15-18-13-8-7-12(17)9-14(13)19-15/h3-9H,2H2,1H3,(H,18,19). The quantitative estimate of drug-likeness (QED) is 0.725. The molecule has 0 aliphatic carbocycles. The minimum absolute atomic E-state index is 0.308. The zero-order valence-electron chi connectivity index (χ0n) is 11.4. The van der Waals surface area contributed by atoms with Gasteiger partial charge in [-0.3, -0.25) is 0 Å². The maximum absolute atomic E-state index is 11.6. The van der Waals surface area contributed by atoms with Crippen LogP contribution in [0.5, 0.6) is 0 Å². The van der Waals surface area contributed by atoms with Crippen LogP contribution in [0.2, 0.25) is 0 Å². The second-order valence-electron chi connectivity index (χ2n) is 4.54. The smallest absolute Gasteiger partial charge is 0.338 e. The number of hydrogen-bond donors (Lipinski definition) is 1. The molecule has 5 heteroatoms. The number of H-pyrrole nitrogens is 1. The molecule has 3 aromatic rings. The van der Waals surface area contributed by atoms with Crippen molar-refractivity contribution < 1.29 is 9.53 Å². The molecular formula is C16H13BrN2O2. The monoisotopic (exact) mass is 344 g/mol. The number of nitrogens with zero attached hydrogens (tertiary/aromatic N) is 1. The van der Waals surface area contributed by atoms with Gasteiger partial charge in [0.15, 0.2) is 0 Å². The number of nitrogens with one attached hydrogen (secondary N) is 1. The van der Waals surface area contributed by atoms with Gasteiger partial charge in [-0.15, -0.1) is 0 Å². The van der Waals surface area contributed by atoms with Gasteiger partial charge in [-0.25, -0.2) is 9.78 Å². The second kappa shape index (κ2) is 5.69. The van der Waals surface area contributed by atoms with Gasteiger partial charge < -0.3 is 9.72 Å². The highest BCUT2D eigenvalue weighted by atomic mass is 79.9. The molecule has 0 fully saturated rings. The van der Waals surface area contributed by atoms with E-state index in [1.807, 2.05) is 30.3 Å². The van der Waals surface area contributed by atoms with Gasteiger partial charge in [0.2, 0.25) is 0 Å². The summed E-state index contributed by atoms with van der Waals surface area (Å²) in [7, 11) is 0. The minimum atomic E-state index is -0.308. The Morgan fingerprint density at radius 1 is 1.24 bits per heavy atom. The van der Waals surface area contributed by atoms with E-state index in [1.54, 1.807) is 19.1 Å². The third-order valence-electron chi connectivity index (χ3n) is 3.11. The zero-order valence-corrected chi connectivity index (χ0v) is 13.0. The Balaban J connectivity index is 1.93. The van der Waals surface area contributed by atoms with Gasteiger partial charge in [0, 0.05) is 10.0 Å². The molecule has 3 rings (SSSR count). The van der Waals surface area contributed by atoms with Crippen molar-refractivity contribution in [3.63, 3.8) is 0 Å². The van der Waals surface area contributed by atoms with E-state index < -0.39 is 0 Å². The molecule has 1 aromatic heterocycles. The highest BCUT2D eigenvalue weighted by molar-refractivity contribution is 9.10. The fourth-order valence-electron chi connectivity index (χ4n) is 2.10. The maximum atomic E-state index is 11.6. The number of esters is 1. The second-order valence-corrected chi connectivity index (χ2v) is 5.46. The summed E-state index contributed by atoms with van der Waals surface area (Å²) in [6, 6.07) is 13.1. The Kier molecular flexibility index (Phi) is 3.75. The van der Waals surface area contributed by atoms with Gasteiger partial charge in [-0.1, -0.05) is 28.1 Å². The fraction of sp³-hybridized carbons (Fsp3) is 0.125. The predicted octanol–water partition coefficient (Wildman–Crippen LogP) is 4.17. The van der Waals surface area contributed by atoms with Crippen molar-refractivity contribution >= 4 is 32.9 Å². The van der Waals surface area contributed by atoms with Crippen LogP contribution in [-0.4, -0.2) is 22.5 Å². The summed E-state index contributed by atoms with van der Waals surface area (Å²) in [4.78, 5) is 19.4. The van der Waals surface area contributed by atoms with Crippen LogP contribution in [0.25, 0.3) is 22.4 Å². The van der Waals surface area contributed by atoms with E-state index in [9.17, 15) is 4.79 Å². The Bertz CT molecular complexity index is 794. The lowest BCUT2D eigenvalue weighted by Gasteiger charge is -2.02. The molecule has 0 atom stereocenters. The molecular weight excluding hydrogens is 332 g/mol. The lowest BCUT2D eigenvalue weighted by Crippen LogP contribution is -2.04. The van der Waals surface area contributed by atoms with Crippen molar-refractivity contribution in [1.29, 1.82) is 0 Å². The molecule has 0 bridgehead atoms. The van der Waals surface area contributed by atoms with Crippen LogP contribution >= 0.6 is 15.9 Å². The van der Waals surface area contributed by atoms with Crippen molar-refractivity contribution in [2.45, 2.75) is 6.92 Å². The van der Waals surface area contributed by atoms with Crippen LogP contribution in [0.3, 0.4) is 0 Å². The fourth-order valence-corrected chi connectivity index (χ4v) is 2.46. The Labute approximate surface area is 130 Å². The lowest BCUT2D eigenvalue weighted by atomic mass is 10.1. The molecule has 0 radical (unpaired) electrons. The van der Waals surface area contributed by atoms with Crippen LogP contribution in [0.4, 0.5) is 0 Å². The molecule has 0 aliphatic heterocycles. The number of rotatable bonds is 3. The molecule has 4 nitrogen and oxygen atoms in total. The van der Waals surface area contributed by atoms with Crippen molar-refractivity contribution in [2.75, 3.05) is 6.61 Å². The van der Waals surface area contributed by atoms with Crippen molar-refractivity contribution in [3.8, 4) is 11.4 Å². The number of ether oxygens (including phenoxy) is 1. The van der Waals surface area contributed by atoms with Gasteiger partial charge in [0.05, 0.1) is 23.2 Å². The molecule has 0 spiro atoms. The van der Waals surface area contributed by atoms with Crippen LogP contribution in [0, 0.1) is 0 Å². The molecule has 0 unspecified atom stereocenters. The molecule has 0 saturated carbocycles. The first kappa shape index (κ1) is 13.8. The van der Waals surface area contributed by atoms with Crippen molar-refractivity contribution in [1.82, 2.24) is 9.97 Å². The molecule has 1 N–H and O–H groups in total. The SMILES string of the molecule is CCOC(=O)c1ccc(-c2nc3ccc(Br)cc3[nH]2)cc1. The lowest BCUT2D eigenvalue weighted by molar-refractivity contribution is 0.0526. The van der Waals surface area contributed by atoms with Crippen LogP contribution in [0.1, 0.15) is 17.3 Å². The van der Waals surface area contributed by atoms with Gasteiger partial charge in [0.1, 0.15) is 5.82 Å². The average molecular weight is 345 g/mol. The predicted molar refractivity (Wildman–Crippen MR) is 85.2 cm³/mol. The van der Waals surface area contributed by atoms with Gasteiger partial charge in [0.25, 0.3) is 0 Å². The van der Waals surface area contributed by atoms with E-state index in [0.717, 1.165) is 26.9 Å². The maximum Gasteiger partial charge on any atom is 0.338 e. The highest BCUT2D eigenvalue weighted by Crippen LogP contribution is 2.23. The van der Waals surface area contributed by atoms with E-state index in [0.29, 0.717) is 12.2 Å². The normalized spacial score (nSPS) is 10.8. The third kappa shape index (κ3) is 2.83. The number of fused-ring (bicyclic) bond motifs is 1. The number of carbonyl (C=O) groups excluding carboxylic acids is 1. The minimum Gasteiger partial charge on any atom is -0.462 e. The van der Waals surface area contributed by atoms with Gasteiger partial charge in [-0.05, 0) is 37.3 Å². The first-order valence-corrected chi connectivity index (χ1v) is 7.39. The number of benzene rings is 2. The van der Waals surface area contributed by atoms with Gasteiger partial charge in [-0.2, -0.15) is 0 Å². The summed E-state index contributed by atoms with van der Waals surface area (Å²) >= 11 is 3.44. The number of hydrogen-bond acceptors (Lipinski definition) is 3. The highest BCUT2D eigenvalue weighted by Gasteiger charge is 2.09. The number of aromatic nitrogens is 2. The first-order valence-electron chi connectivity index (χ1n) is 6.60. The summed E-state index contributed by atoms with van der Waals surface area (Å²) in [5.41, 5.74) is 3.34. The number of aromatic amines is 1. The zero-order chi connectivity index (χ0) is 14.8. The molecule has 1 heterocycles. The number of carbonyl (C=O) groups is 1. The summed E-state index contributed by atoms with van der Waals surface area (Å²) in [6.45, 7) is 2.16. The molecule has 106 valence electrons. The van der Waals surface area contributed by atoms with Crippen molar-refractivity contribution in [3.05, 3.63) is 52.5 Å². The summed E-state index contributed by atoms with van der Waals surface area (Å²) in [5.74, 6) is 0.469.